The molecule has 0 amide bonds. The molecule has 0 spiro atoms. The van der Waals surface area contributed by atoms with Gasteiger partial charge in [0.25, 0.3) is 5.69 Å². The van der Waals surface area contributed by atoms with Crippen LogP contribution in [0, 0.1) is 17.0 Å². The minimum atomic E-state index is -0.407. The highest BCUT2D eigenvalue weighted by atomic mass is 32.2. The maximum Gasteiger partial charge on any atom is 0.272 e. The normalized spacial score (nSPS) is 15.3. The predicted molar refractivity (Wildman–Crippen MR) is 82.4 cm³/mol. The highest BCUT2D eigenvalue weighted by molar-refractivity contribution is 8.04. The molecule has 1 heterocycles. The van der Waals surface area contributed by atoms with Gasteiger partial charge in [-0.3, -0.25) is 14.9 Å². The topological polar surface area (TPSA) is 60.2 Å². The molecule has 0 radical (unpaired) electrons. The van der Waals surface area contributed by atoms with Crippen LogP contribution in [0.4, 0.5) is 5.69 Å². The van der Waals surface area contributed by atoms with E-state index in [4.69, 9.17) is 0 Å². The summed E-state index contributed by atoms with van der Waals surface area (Å²) in [5, 5.41) is 11.0. The fraction of sp³-hybridized carbons (Fsp3) is 0.0625. The van der Waals surface area contributed by atoms with E-state index in [0.29, 0.717) is 21.6 Å². The summed E-state index contributed by atoms with van der Waals surface area (Å²) >= 11 is 1.40. The Morgan fingerprint density at radius 1 is 1.19 bits per heavy atom. The van der Waals surface area contributed by atoms with Gasteiger partial charge in [-0.2, -0.15) is 0 Å². The van der Waals surface area contributed by atoms with Crippen LogP contribution >= 0.6 is 11.8 Å². The molecule has 4 nitrogen and oxygen atoms in total. The van der Waals surface area contributed by atoms with Crippen LogP contribution in [0.25, 0.3) is 6.08 Å². The van der Waals surface area contributed by atoms with Crippen molar-refractivity contribution < 1.29 is 9.72 Å². The first-order valence-electron chi connectivity index (χ1n) is 6.34. The second-order valence-electron chi connectivity index (χ2n) is 4.74. The minimum absolute atomic E-state index is 0.0289. The van der Waals surface area contributed by atoms with Crippen LogP contribution in [0.2, 0.25) is 0 Å². The third-order valence-electron chi connectivity index (χ3n) is 3.30. The molecule has 104 valence electrons. The van der Waals surface area contributed by atoms with Crippen LogP contribution < -0.4 is 0 Å². The first-order valence-corrected chi connectivity index (χ1v) is 7.16. The Kier molecular flexibility index (Phi) is 3.35. The number of fused-ring (bicyclic) bond motifs is 1. The zero-order valence-electron chi connectivity index (χ0n) is 11.2. The minimum Gasteiger partial charge on any atom is -0.288 e. The molecule has 1 aliphatic rings. The highest BCUT2D eigenvalue weighted by Crippen LogP contribution is 2.40. The molecule has 21 heavy (non-hydrogen) atoms. The number of carbonyl (C=O) groups is 1. The number of hydrogen-bond acceptors (Lipinski definition) is 4. The number of rotatable bonds is 2. The Morgan fingerprint density at radius 2 is 1.95 bits per heavy atom. The molecule has 0 aromatic heterocycles. The molecular weight excluding hydrogens is 286 g/mol. The van der Waals surface area contributed by atoms with Crippen molar-refractivity contribution in [1.29, 1.82) is 0 Å². The molecule has 0 saturated heterocycles. The quantitative estimate of drug-likeness (QED) is 0.473. The second-order valence-corrected chi connectivity index (χ2v) is 5.82. The number of carbonyl (C=O) groups excluding carboxylic acids is 1. The standard InChI is InChI=1S/C16H11NO3S/c1-10-6-7-11(8-13(10)17(19)20)9-15-16(18)12-4-2-3-5-14(12)21-15/h2-9H,1H3/b15-9-. The van der Waals surface area contributed by atoms with E-state index < -0.39 is 4.92 Å². The smallest absolute Gasteiger partial charge is 0.272 e. The first-order chi connectivity index (χ1) is 10.1. The fourth-order valence-electron chi connectivity index (χ4n) is 2.20. The maximum atomic E-state index is 12.3. The van der Waals surface area contributed by atoms with Crippen molar-refractivity contribution in [3.05, 3.63) is 74.2 Å². The van der Waals surface area contributed by atoms with E-state index in [-0.39, 0.29) is 11.5 Å². The van der Waals surface area contributed by atoms with Crippen LogP contribution in [-0.2, 0) is 0 Å². The van der Waals surface area contributed by atoms with Gasteiger partial charge >= 0.3 is 0 Å². The third-order valence-corrected chi connectivity index (χ3v) is 4.40. The second kappa shape index (κ2) is 5.18. The molecule has 3 rings (SSSR count). The monoisotopic (exact) mass is 297 g/mol. The Hall–Kier alpha value is -2.40. The summed E-state index contributed by atoms with van der Waals surface area (Å²) in [6, 6.07) is 12.4. The van der Waals surface area contributed by atoms with Gasteiger partial charge in [0.05, 0.1) is 9.83 Å². The molecule has 2 aromatic carbocycles. The van der Waals surface area contributed by atoms with E-state index in [1.807, 2.05) is 18.2 Å². The number of Topliss-reactive ketones (excluding diaryl/α,β-unsaturated/α-hetero) is 1. The number of nitro benzene ring substituents is 1. The molecule has 0 aliphatic carbocycles. The van der Waals surface area contributed by atoms with Crippen molar-refractivity contribution in [1.82, 2.24) is 0 Å². The van der Waals surface area contributed by atoms with Gasteiger partial charge < -0.3 is 0 Å². The summed E-state index contributed by atoms with van der Waals surface area (Å²) in [7, 11) is 0. The Morgan fingerprint density at radius 3 is 2.67 bits per heavy atom. The van der Waals surface area contributed by atoms with Crippen LogP contribution in [0.1, 0.15) is 21.5 Å². The number of ketones is 1. The molecule has 5 heteroatoms. The third kappa shape index (κ3) is 2.48. The van der Waals surface area contributed by atoms with Crippen LogP contribution in [-0.4, -0.2) is 10.7 Å². The summed E-state index contributed by atoms with van der Waals surface area (Å²) in [6.45, 7) is 1.69. The van der Waals surface area contributed by atoms with Gasteiger partial charge in [0.1, 0.15) is 0 Å². The molecular formula is C16H11NO3S. The number of thioether (sulfide) groups is 1. The predicted octanol–water partition coefficient (Wildman–Crippen LogP) is 4.23. The zero-order chi connectivity index (χ0) is 15.0. The van der Waals surface area contributed by atoms with Gasteiger partial charge in [-0.1, -0.05) is 36.0 Å². The van der Waals surface area contributed by atoms with Crippen LogP contribution in [0.5, 0.6) is 0 Å². The van der Waals surface area contributed by atoms with Crippen LogP contribution in [0.3, 0.4) is 0 Å². The molecule has 0 fully saturated rings. The summed E-state index contributed by atoms with van der Waals surface area (Å²) in [6.07, 6.45) is 1.71. The average molecular weight is 297 g/mol. The van der Waals surface area contributed by atoms with E-state index >= 15 is 0 Å². The Bertz CT molecular complexity index is 796. The van der Waals surface area contributed by atoms with Crippen molar-refractivity contribution in [3.8, 4) is 0 Å². The SMILES string of the molecule is Cc1ccc(/C=C2\Sc3ccccc3C2=O)cc1[N+](=O)[O-]. The Balaban J connectivity index is 2.00. The summed E-state index contributed by atoms with van der Waals surface area (Å²) < 4.78 is 0. The largest absolute Gasteiger partial charge is 0.288 e. The van der Waals surface area contributed by atoms with E-state index in [0.717, 1.165) is 4.90 Å². The lowest BCUT2D eigenvalue weighted by molar-refractivity contribution is -0.385. The first kappa shape index (κ1) is 13.6. The van der Waals surface area contributed by atoms with Gasteiger partial charge in [-0.25, -0.2) is 0 Å². The number of hydrogen-bond donors (Lipinski definition) is 0. The van der Waals surface area contributed by atoms with Gasteiger partial charge in [0, 0.05) is 22.1 Å². The van der Waals surface area contributed by atoms with Gasteiger partial charge in [-0.05, 0) is 30.7 Å². The number of benzene rings is 2. The zero-order valence-corrected chi connectivity index (χ0v) is 12.0. The Labute approximate surface area is 125 Å². The molecule has 0 unspecified atom stereocenters. The average Bonchev–Trinajstić information content (AvgIpc) is 2.78. The van der Waals surface area contributed by atoms with Crippen molar-refractivity contribution >= 4 is 29.3 Å². The number of allylic oxidation sites excluding steroid dienone is 1. The molecule has 1 aliphatic heterocycles. The lowest BCUT2D eigenvalue weighted by atomic mass is 10.1. The summed E-state index contributed by atoms with van der Waals surface area (Å²) in [5.41, 5.74) is 2.03. The number of aryl methyl sites for hydroxylation is 1. The van der Waals surface area contributed by atoms with Gasteiger partial charge in [-0.15, -0.1) is 0 Å². The van der Waals surface area contributed by atoms with Crippen molar-refractivity contribution in [2.45, 2.75) is 11.8 Å². The number of nitrogens with zero attached hydrogens (tertiary/aromatic N) is 1. The van der Waals surface area contributed by atoms with Gasteiger partial charge in [0.15, 0.2) is 0 Å². The van der Waals surface area contributed by atoms with Crippen molar-refractivity contribution in [2.24, 2.45) is 0 Å². The molecule has 0 saturated carbocycles. The van der Waals surface area contributed by atoms with E-state index in [1.165, 1.54) is 17.8 Å². The van der Waals surface area contributed by atoms with Gasteiger partial charge in [0.2, 0.25) is 5.78 Å². The van der Waals surface area contributed by atoms with E-state index in [9.17, 15) is 14.9 Å². The highest BCUT2D eigenvalue weighted by Gasteiger charge is 2.25. The van der Waals surface area contributed by atoms with Crippen molar-refractivity contribution in [3.63, 3.8) is 0 Å². The summed E-state index contributed by atoms with van der Waals surface area (Å²) in [4.78, 5) is 24.3. The number of nitro groups is 1. The van der Waals surface area contributed by atoms with E-state index in [1.54, 1.807) is 31.2 Å². The lowest BCUT2D eigenvalue weighted by Crippen LogP contribution is -1.95. The molecule has 0 N–H and O–H groups in total. The maximum absolute atomic E-state index is 12.3. The summed E-state index contributed by atoms with van der Waals surface area (Å²) in [5.74, 6) is -0.0289. The molecule has 0 bridgehead atoms. The lowest BCUT2D eigenvalue weighted by Gasteiger charge is -2.00. The van der Waals surface area contributed by atoms with Crippen LogP contribution in [0.15, 0.2) is 52.3 Å². The van der Waals surface area contributed by atoms with Crippen molar-refractivity contribution in [2.75, 3.05) is 0 Å². The molecule has 2 aromatic rings. The fourth-order valence-corrected chi connectivity index (χ4v) is 3.25. The van der Waals surface area contributed by atoms with E-state index in [2.05, 4.69) is 0 Å². The molecule has 0 atom stereocenters.